The van der Waals surface area contributed by atoms with Gasteiger partial charge in [-0.25, -0.2) is 0 Å². The molecule has 310 valence electrons. The lowest BCUT2D eigenvalue weighted by atomic mass is 10.1. The first kappa shape index (κ1) is 40.5. The number of hydrogen-bond acceptors (Lipinski definition) is 5. The Morgan fingerprint density at radius 1 is 0.344 bits per heavy atom. The zero-order chi connectivity index (χ0) is 43.7. The summed E-state index contributed by atoms with van der Waals surface area (Å²) >= 11 is 0. The minimum atomic E-state index is -3.80. The minimum absolute atomic E-state index is 0.540. The second-order valence-corrected chi connectivity index (χ2v) is 27.2. The van der Waals surface area contributed by atoms with Crippen molar-refractivity contribution in [2.24, 2.45) is 0 Å². The van der Waals surface area contributed by atoms with E-state index in [1.165, 1.54) is 0 Å². The van der Waals surface area contributed by atoms with Crippen molar-refractivity contribution >= 4 is 109 Å². The molecule has 0 spiro atoms. The van der Waals surface area contributed by atoms with Crippen LogP contribution in [-0.4, -0.2) is 0 Å². The van der Waals surface area contributed by atoms with Gasteiger partial charge in [0.25, 0.3) is 0 Å². The molecule has 0 saturated heterocycles. The molecular weight excluding hydrogens is 863 g/mol. The maximum absolute atomic E-state index is 16.9. The molecule has 2 aliphatic heterocycles. The Balaban J connectivity index is 1.25. The summed E-state index contributed by atoms with van der Waals surface area (Å²) in [6.45, 7) is 1.96. The Hall–Kier alpha value is -6.30. The van der Waals surface area contributed by atoms with Crippen molar-refractivity contribution in [2.75, 3.05) is 4.90 Å². The van der Waals surface area contributed by atoms with Crippen LogP contribution >= 0.6 is 28.6 Å². The van der Waals surface area contributed by atoms with Gasteiger partial charge in [0, 0.05) is 63.7 Å². The molecule has 2 aliphatic rings. The van der Waals surface area contributed by atoms with Crippen molar-refractivity contribution in [1.29, 1.82) is 0 Å². The van der Waals surface area contributed by atoms with Gasteiger partial charge in [-0.2, -0.15) is 0 Å². The fraction of sp³-hybridized carbons (Fsp3) is 0.0182. The summed E-state index contributed by atoms with van der Waals surface area (Å²) in [5, 5.41) is 7.27. The summed E-state index contributed by atoms with van der Waals surface area (Å²) in [7, 11) is -14.6. The van der Waals surface area contributed by atoms with Gasteiger partial charge in [-0.15, -0.1) is 0 Å². The molecule has 0 amide bonds. The van der Waals surface area contributed by atoms with Crippen LogP contribution in [0.25, 0.3) is 0 Å². The number of rotatable bonds is 8. The molecule has 11 rings (SSSR count). The minimum Gasteiger partial charge on any atom is -0.309 e. The van der Waals surface area contributed by atoms with Crippen LogP contribution in [0.2, 0.25) is 0 Å². The molecule has 0 bridgehead atoms. The van der Waals surface area contributed by atoms with E-state index in [9.17, 15) is 0 Å². The highest BCUT2D eigenvalue weighted by atomic mass is 31.2. The van der Waals surface area contributed by atoms with E-state index in [2.05, 4.69) is 4.90 Å². The molecule has 0 aliphatic carbocycles. The molecule has 64 heavy (non-hydrogen) atoms. The average Bonchev–Trinajstić information content (AvgIpc) is 3.37. The summed E-state index contributed by atoms with van der Waals surface area (Å²) in [6.07, 6.45) is 0. The molecule has 2 atom stereocenters. The van der Waals surface area contributed by atoms with Crippen LogP contribution in [0, 0.1) is 6.92 Å². The van der Waals surface area contributed by atoms with Crippen LogP contribution in [0.3, 0.4) is 0 Å². The molecular formula is C55H41NO4P4. The molecule has 0 N–H and O–H groups in total. The Morgan fingerprint density at radius 3 is 0.953 bits per heavy atom. The average molecular weight is 904 g/mol. The van der Waals surface area contributed by atoms with Crippen molar-refractivity contribution in [3.8, 4) is 0 Å². The van der Waals surface area contributed by atoms with Gasteiger partial charge in [0.15, 0.2) is 28.6 Å². The Morgan fingerprint density at radius 2 is 0.641 bits per heavy atom. The van der Waals surface area contributed by atoms with Gasteiger partial charge in [-0.3, -0.25) is 0 Å². The van der Waals surface area contributed by atoms with Gasteiger partial charge in [0.2, 0.25) is 0 Å². The third-order valence-electron chi connectivity index (χ3n) is 12.6. The zero-order valence-electron chi connectivity index (χ0n) is 34.8. The predicted octanol–water partition coefficient (Wildman–Crippen LogP) is 8.65. The summed E-state index contributed by atoms with van der Waals surface area (Å²) in [5.41, 5.74) is 2.71. The molecule has 2 heterocycles. The Kier molecular flexibility index (Phi) is 9.77. The lowest BCUT2D eigenvalue weighted by Crippen LogP contribution is -2.47. The molecule has 0 aromatic heterocycles. The first-order chi connectivity index (χ1) is 31.2. The number of hydrogen-bond donors (Lipinski definition) is 0. The van der Waals surface area contributed by atoms with Gasteiger partial charge < -0.3 is 23.2 Å². The number of nitrogens with zero attached hydrogens (tertiary/aromatic N) is 1. The van der Waals surface area contributed by atoms with Crippen LogP contribution in [0.5, 0.6) is 0 Å². The molecule has 0 fully saturated rings. The fourth-order valence-corrected chi connectivity index (χ4v) is 21.6. The molecule has 5 nitrogen and oxygen atoms in total. The van der Waals surface area contributed by atoms with Crippen LogP contribution in [0.4, 0.5) is 17.1 Å². The van der Waals surface area contributed by atoms with Crippen molar-refractivity contribution < 1.29 is 18.3 Å². The van der Waals surface area contributed by atoms with Crippen molar-refractivity contribution in [3.05, 3.63) is 236 Å². The van der Waals surface area contributed by atoms with Gasteiger partial charge in [0.1, 0.15) is 0 Å². The van der Waals surface area contributed by atoms with E-state index in [0.717, 1.165) is 5.56 Å². The van der Waals surface area contributed by atoms with E-state index in [4.69, 9.17) is 0 Å². The fourth-order valence-electron chi connectivity index (χ4n) is 9.66. The monoisotopic (exact) mass is 903 g/mol. The Bertz CT molecular complexity index is 3140. The second kappa shape index (κ2) is 15.5. The lowest BCUT2D eigenvalue weighted by Gasteiger charge is -2.45. The normalized spacial score (nSPS) is 17.5. The molecule has 2 unspecified atom stereocenters. The highest BCUT2D eigenvalue weighted by Gasteiger charge is 2.51. The van der Waals surface area contributed by atoms with Gasteiger partial charge in [-0.1, -0.05) is 182 Å². The van der Waals surface area contributed by atoms with E-state index in [-0.39, 0.29) is 0 Å². The second-order valence-electron chi connectivity index (χ2n) is 16.3. The van der Waals surface area contributed by atoms with Crippen LogP contribution in [0.1, 0.15) is 5.56 Å². The van der Waals surface area contributed by atoms with E-state index in [0.29, 0.717) is 80.7 Å². The standard InChI is InChI=1S/C55H41NO4P4/c1-40-36-53-55-54(37-40)64(60,46-30-18-7-19-31-46)52-39-48(62(58,43-24-12-4-13-25-43)44-26-14-5-15-27-44)33-35-50(52)56(55)49-34-32-47(38-51(49)63(53,59)45-28-16-6-17-29-45)61(57,41-20-8-2-9-21-41)42-22-10-3-11-23-42/h2-39H,1H3. The third kappa shape index (κ3) is 5.93. The topological polar surface area (TPSA) is 71.5 Å². The van der Waals surface area contributed by atoms with E-state index < -0.39 is 28.6 Å². The number of aryl methyl sites for hydroxylation is 1. The third-order valence-corrected chi connectivity index (χ3v) is 24.9. The van der Waals surface area contributed by atoms with Crippen LogP contribution < -0.4 is 68.6 Å². The summed E-state index contributed by atoms with van der Waals surface area (Å²) in [4.78, 5) is 2.10. The summed E-state index contributed by atoms with van der Waals surface area (Å²) < 4.78 is 65.9. The molecule has 0 radical (unpaired) electrons. The quantitative estimate of drug-likeness (QED) is 0.143. The van der Waals surface area contributed by atoms with Gasteiger partial charge >= 0.3 is 0 Å². The zero-order valence-corrected chi connectivity index (χ0v) is 38.4. The summed E-state index contributed by atoms with van der Waals surface area (Å²) in [5.74, 6) is 0. The number of anilines is 3. The Labute approximate surface area is 373 Å². The highest BCUT2D eigenvalue weighted by Crippen LogP contribution is 2.61. The molecule has 9 aromatic rings. The van der Waals surface area contributed by atoms with Gasteiger partial charge in [-0.05, 0) is 61.0 Å². The largest absolute Gasteiger partial charge is 0.309 e. The first-order valence-electron chi connectivity index (χ1n) is 21.2. The SMILES string of the molecule is Cc1cc2c3c(c1)P(=O)(c1ccccc1)c1cc(P(=O)(c4ccccc4)c4ccccc4)ccc1N3c1ccc(P(=O)(c3ccccc3)c3ccccc3)cc1P2(=O)c1ccccc1. The smallest absolute Gasteiger partial charge is 0.175 e. The number of fused-ring (bicyclic) bond motifs is 4. The van der Waals surface area contributed by atoms with Crippen molar-refractivity contribution in [1.82, 2.24) is 0 Å². The maximum atomic E-state index is 16.9. The molecule has 9 heteroatoms. The number of benzene rings is 9. The van der Waals surface area contributed by atoms with Crippen LogP contribution in [-0.2, 0) is 18.3 Å². The van der Waals surface area contributed by atoms with Crippen molar-refractivity contribution in [2.45, 2.75) is 6.92 Å². The summed E-state index contributed by atoms with van der Waals surface area (Å²) in [6, 6.07) is 72.6. The maximum Gasteiger partial charge on any atom is 0.175 e. The molecule has 0 saturated carbocycles. The predicted molar refractivity (Wildman–Crippen MR) is 271 cm³/mol. The van der Waals surface area contributed by atoms with E-state index in [1.54, 1.807) is 0 Å². The van der Waals surface area contributed by atoms with Crippen molar-refractivity contribution in [3.63, 3.8) is 0 Å². The van der Waals surface area contributed by atoms with Crippen LogP contribution in [0.15, 0.2) is 231 Å². The van der Waals surface area contributed by atoms with E-state index >= 15 is 18.3 Å². The van der Waals surface area contributed by atoms with E-state index in [1.807, 2.05) is 237 Å². The lowest BCUT2D eigenvalue weighted by molar-refractivity contribution is 0.591. The first-order valence-corrected chi connectivity index (χ1v) is 28.0. The molecule has 9 aromatic carbocycles. The highest BCUT2D eigenvalue weighted by molar-refractivity contribution is 7.89. The van der Waals surface area contributed by atoms with Gasteiger partial charge in [0.05, 0.1) is 17.1 Å².